The van der Waals surface area contributed by atoms with Crippen molar-refractivity contribution in [2.45, 2.75) is 13.8 Å². The van der Waals surface area contributed by atoms with E-state index in [1.165, 1.54) is 24.3 Å². The summed E-state index contributed by atoms with van der Waals surface area (Å²) in [6.07, 6.45) is 0. The Balaban J connectivity index is 0.000000220. The first-order valence-corrected chi connectivity index (χ1v) is 6.31. The molecule has 22 heavy (non-hydrogen) atoms. The molecule has 5 nitrogen and oxygen atoms in total. The number of aryl methyl sites for hydroxylation is 2. The average molecular weight is 305 g/mol. The van der Waals surface area contributed by atoms with Crippen LogP contribution >= 0.6 is 0 Å². The molecule has 0 saturated carbocycles. The number of hydrogen-bond acceptors (Lipinski definition) is 3. The fourth-order valence-corrected chi connectivity index (χ4v) is 1.64. The van der Waals surface area contributed by atoms with E-state index in [1.807, 2.05) is 6.92 Å². The van der Waals surface area contributed by atoms with E-state index in [9.17, 15) is 14.0 Å². The number of anilines is 1. The molecule has 0 heterocycles. The Hall–Kier alpha value is -2.89. The highest BCUT2D eigenvalue weighted by atomic mass is 19.1. The molecule has 0 aliphatic carbocycles. The van der Waals surface area contributed by atoms with Crippen LogP contribution < -0.4 is 5.73 Å². The largest absolute Gasteiger partial charge is 0.478 e. The molecule has 2 rings (SSSR count). The van der Waals surface area contributed by atoms with E-state index in [0.717, 1.165) is 11.6 Å². The third kappa shape index (κ3) is 4.59. The Kier molecular flexibility index (Phi) is 5.63. The highest BCUT2D eigenvalue weighted by Gasteiger charge is 2.06. The minimum absolute atomic E-state index is 0.145. The first-order chi connectivity index (χ1) is 10.2. The van der Waals surface area contributed by atoms with Crippen molar-refractivity contribution in [3.05, 3.63) is 64.5 Å². The van der Waals surface area contributed by atoms with Crippen molar-refractivity contribution >= 4 is 17.6 Å². The minimum Gasteiger partial charge on any atom is -0.478 e. The Morgan fingerprint density at radius 1 is 0.955 bits per heavy atom. The zero-order chi connectivity index (χ0) is 16.9. The van der Waals surface area contributed by atoms with Crippen molar-refractivity contribution in [1.82, 2.24) is 0 Å². The lowest BCUT2D eigenvalue weighted by Crippen LogP contribution is -1.99. The quantitative estimate of drug-likeness (QED) is 0.740. The molecular formula is C16H16FNO4. The molecule has 0 saturated heterocycles. The van der Waals surface area contributed by atoms with Crippen molar-refractivity contribution in [2.75, 3.05) is 5.73 Å². The third-order valence-electron chi connectivity index (χ3n) is 2.95. The lowest BCUT2D eigenvalue weighted by atomic mass is 10.1. The molecule has 0 aliphatic rings. The number of aromatic carboxylic acids is 2. The maximum atomic E-state index is 12.4. The smallest absolute Gasteiger partial charge is 0.335 e. The first-order valence-electron chi connectivity index (χ1n) is 6.31. The van der Waals surface area contributed by atoms with Gasteiger partial charge >= 0.3 is 11.9 Å². The Morgan fingerprint density at radius 3 is 2.05 bits per heavy atom. The summed E-state index contributed by atoms with van der Waals surface area (Å²) < 4.78 is 12.4. The van der Waals surface area contributed by atoms with Gasteiger partial charge in [0.2, 0.25) is 0 Å². The van der Waals surface area contributed by atoms with Gasteiger partial charge in [0.15, 0.2) is 0 Å². The summed E-state index contributed by atoms with van der Waals surface area (Å²) in [5.74, 6) is -2.38. The van der Waals surface area contributed by atoms with Crippen LogP contribution in [0.1, 0.15) is 31.8 Å². The summed E-state index contributed by atoms with van der Waals surface area (Å²) in [5.41, 5.74) is 7.73. The molecule has 2 aromatic carbocycles. The number of rotatable bonds is 2. The fourth-order valence-electron chi connectivity index (χ4n) is 1.64. The van der Waals surface area contributed by atoms with Crippen LogP contribution in [0.15, 0.2) is 36.4 Å². The van der Waals surface area contributed by atoms with Crippen molar-refractivity contribution in [3.8, 4) is 0 Å². The minimum atomic E-state index is -1.03. The number of carbonyl (C=O) groups is 2. The zero-order valence-corrected chi connectivity index (χ0v) is 12.1. The van der Waals surface area contributed by atoms with Gasteiger partial charge in [0.1, 0.15) is 5.82 Å². The predicted octanol–water partition coefficient (Wildman–Crippen LogP) is 3.11. The maximum absolute atomic E-state index is 12.4. The molecular weight excluding hydrogens is 289 g/mol. The van der Waals surface area contributed by atoms with Crippen molar-refractivity contribution in [1.29, 1.82) is 0 Å². The molecule has 116 valence electrons. The van der Waals surface area contributed by atoms with Crippen molar-refractivity contribution in [3.63, 3.8) is 0 Å². The highest BCUT2D eigenvalue weighted by Crippen LogP contribution is 2.12. The summed E-state index contributed by atoms with van der Waals surface area (Å²) in [6, 6.07) is 8.28. The summed E-state index contributed by atoms with van der Waals surface area (Å²) in [5, 5.41) is 17.1. The van der Waals surface area contributed by atoms with Gasteiger partial charge in [-0.3, -0.25) is 0 Å². The van der Waals surface area contributed by atoms with Crippen LogP contribution in [0.3, 0.4) is 0 Å². The molecule has 0 amide bonds. The standard InChI is InChI=1S/C8H7FO2.C8H9NO2/c1-5-4-6(9)2-3-7(5)8(10)11;1-5-2-3-6(8(10)11)4-7(5)9/h2-4H,1H3,(H,10,11);2-4H,9H2,1H3,(H,10,11). The van der Waals surface area contributed by atoms with Crippen LogP contribution in [0, 0.1) is 19.7 Å². The second-order valence-corrected chi connectivity index (χ2v) is 4.64. The third-order valence-corrected chi connectivity index (χ3v) is 2.95. The second kappa shape index (κ2) is 7.21. The number of nitrogens with two attached hydrogens (primary N) is 1. The van der Waals surface area contributed by atoms with Crippen LogP contribution in [0.25, 0.3) is 0 Å². The average Bonchev–Trinajstić information content (AvgIpc) is 2.41. The van der Waals surface area contributed by atoms with Crippen LogP contribution in [-0.4, -0.2) is 22.2 Å². The lowest BCUT2D eigenvalue weighted by molar-refractivity contribution is 0.0685. The van der Waals surface area contributed by atoms with Crippen LogP contribution in [0.4, 0.5) is 10.1 Å². The van der Waals surface area contributed by atoms with E-state index in [2.05, 4.69) is 0 Å². The van der Waals surface area contributed by atoms with Crippen molar-refractivity contribution < 1.29 is 24.2 Å². The van der Waals surface area contributed by atoms with Gasteiger partial charge in [-0.15, -0.1) is 0 Å². The monoisotopic (exact) mass is 305 g/mol. The number of benzene rings is 2. The number of carboxylic acids is 2. The Morgan fingerprint density at radius 2 is 1.59 bits per heavy atom. The predicted molar refractivity (Wildman–Crippen MR) is 80.6 cm³/mol. The first kappa shape index (κ1) is 17.2. The Bertz CT molecular complexity index is 713. The topological polar surface area (TPSA) is 101 Å². The Labute approximate surface area is 126 Å². The van der Waals surface area contributed by atoms with Crippen LogP contribution in [0.5, 0.6) is 0 Å². The van der Waals surface area contributed by atoms with E-state index in [4.69, 9.17) is 15.9 Å². The van der Waals surface area contributed by atoms with Gasteiger partial charge < -0.3 is 15.9 Å². The van der Waals surface area contributed by atoms with Gasteiger partial charge in [0, 0.05) is 5.69 Å². The molecule has 0 spiro atoms. The van der Waals surface area contributed by atoms with Gasteiger partial charge in [-0.05, 0) is 55.3 Å². The number of carboxylic acid groups (broad SMARTS) is 2. The van der Waals surface area contributed by atoms with Crippen LogP contribution in [0.2, 0.25) is 0 Å². The molecule has 0 unspecified atom stereocenters. The fraction of sp³-hybridized carbons (Fsp3) is 0.125. The molecule has 0 atom stereocenters. The van der Waals surface area contributed by atoms with E-state index >= 15 is 0 Å². The maximum Gasteiger partial charge on any atom is 0.335 e. The van der Waals surface area contributed by atoms with Gasteiger partial charge in [0.25, 0.3) is 0 Å². The molecule has 0 bridgehead atoms. The molecule has 0 fully saturated rings. The molecule has 4 N–H and O–H groups in total. The SMILES string of the molecule is Cc1cc(F)ccc1C(=O)O.Cc1ccc(C(=O)O)cc1N. The molecule has 6 heteroatoms. The van der Waals surface area contributed by atoms with Crippen LogP contribution in [-0.2, 0) is 0 Å². The molecule has 0 aliphatic heterocycles. The lowest BCUT2D eigenvalue weighted by Gasteiger charge is -1.99. The number of nitrogen functional groups attached to an aromatic ring is 1. The molecule has 2 aromatic rings. The van der Waals surface area contributed by atoms with Crippen molar-refractivity contribution in [2.24, 2.45) is 0 Å². The number of halogens is 1. The van der Waals surface area contributed by atoms with E-state index in [0.29, 0.717) is 11.3 Å². The zero-order valence-electron chi connectivity index (χ0n) is 12.1. The molecule has 0 aromatic heterocycles. The van der Waals surface area contributed by atoms with Gasteiger partial charge in [0.05, 0.1) is 11.1 Å². The normalized spacial score (nSPS) is 9.59. The summed E-state index contributed by atoms with van der Waals surface area (Å²) in [7, 11) is 0. The molecule has 0 radical (unpaired) electrons. The van der Waals surface area contributed by atoms with Gasteiger partial charge in [-0.1, -0.05) is 6.07 Å². The van der Waals surface area contributed by atoms with E-state index in [1.54, 1.807) is 13.0 Å². The van der Waals surface area contributed by atoms with E-state index in [-0.39, 0.29) is 11.1 Å². The highest BCUT2D eigenvalue weighted by molar-refractivity contribution is 5.89. The summed E-state index contributed by atoms with van der Waals surface area (Å²) >= 11 is 0. The summed E-state index contributed by atoms with van der Waals surface area (Å²) in [6.45, 7) is 3.40. The summed E-state index contributed by atoms with van der Waals surface area (Å²) in [4.78, 5) is 20.8. The number of hydrogen-bond donors (Lipinski definition) is 3. The second-order valence-electron chi connectivity index (χ2n) is 4.64. The van der Waals surface area contributed by atoms with Gasteiger partial charge in [-0.2, -0.15) is 0 Å². The van der Waals surface area contributed by atoms with Gasteiger partial charge in [-0.25, -0.2) is 14.0 Å². The van der Waals surface area contributed by atoms with E-state index < -0.39 is 17.8 Å².